The van der Waals surface area contributed by atoms with Gasteiger partial charge in [-0.1, -0.05) is 19.9 Å². The number of fused-ring (bicyclic) bond motifs is 3. The van der Waals surface area contributed by atoms with E-state index in [1.807, 2.05) is 13.8 Å². The quantitative estimate of drug-likeness (QED) is 0.318. The average Bonchev–Trinajstić information content (AvgIpc) is 3.29. The molecule has 0 unspecified atom stereocenters. The Kier molecular flexibility index (Phi) is 7.32. The molecule has 2 aromatic heterocycles. The van der Waals surface area contributed by atoms with Crippen LogP contribution in [0.1, 0.15) is 42.4 Å². The number of carbonyl (C=O) groups excluding carboxylic acids is 3. The number of hydrogen-bond donors (Lipinski definition) is 1. The molecular weight excluding hydrogens is 527 g/mol. The second kappa shape index (κ2) is 10.9. The van der Waals surface area contributed by atoms with Crippen LogP contribution in [0.4, 0.5) is 15.0 Å². The molecule has 0 bridgehead atoms. The molecule has 41 heavy (non-hydrogen) atoms. The first-order valence-corrected chi connectivity index (χ1v) is 13.1. The number of carbonyl (C=O) groups is 3. The van der Waals surface area contributed by atoms with Crippen LogP contribution >= 0.6 is 0 Å². The maximum atomic E-state index is 13.5. The van der Waals surface area contributed by atoms with Crippen molar-refractivity contribution in [1.82, 2.24) is 14.9 Å². The van der Waals surface area contributed by atoms with E-state index in [1.165, 1.54) is 40.3 Å². The third-order valence-electron chi connectivity index (χ3n) is 6.89. The first-order valence-electron chi connectivity index (χ1n) is 13.1. The summed E-state index contributed by atoms with van der Waals surface area (Å²) in [5.41, 5.74) is 1.76. The summed E-state index contributed by atoms with van der Waals surface area (Å²) in [5.74, 6) is -0.705. The molecule has 0 saturated heterocycles. The minimum Gasteiger partial charge on any atom is -0.462 e. The third kappa shape index (κ3) is 5.41. The Morgan fingerprint density at radius 1 is 1.10 bits per heavy atom. The lowest BCUT2D eigenvalue weighted by molar-refractivity contribution is -0.136. The van der Waals surface area contributed by atoms with Crippen molar-refractivity contribution in [2.75, 3.05) is 25.1 Å². The van der Waals surface area contributed by atoms with Crippen molar-refractivity contribution < 1.29 is 28.2 Å². The largest absolute Gasteiger partial charge is 0.462 e. The van der Waals surface area contributed by atoms with Gasteiger partial charge in [0, 0.05) is 47.9 Å². The van der Waals surface area contributed by atoms with Gasteiger partial charge in [0.05, 0.1) is 17.9 Å². The van der Waals surface area contributed by atoms with Crippen LogP contribution in [0.5, 0.6) is 5.75 Å². The lowest BCUT2D eigenvalue weighted by Gasteiger charge is -2.29. The molecule has 1 aliphatic heterocycles. The SMILES string of the molecule is CCOC(=O)C1=CN(C(=O)c2ccc(F)cc2)CC(C)(C)c2c1[nH]c1ccc(OC(=O)N(C)c3ccccn3)cc21. The van der Waals surface area contributed by atoms with E-state index >= 15 is 0 Å². The number of ether oxygens (including phenoxy) is 2. The second-order valence-electron chi connectivity index (χ2n) is 10.3. The van der Waals surface area contributed by atoms with E-state index in [0.29, 0.717) is 17.3 Å². The van der Waals surface area contributed by atoms with E-state index < -0.39 is 23.3 Å². The Bertz CT molecular complexity index is 1660. The number of aromatic amines is 1. The second-order valence-corrected chi connectivity index (χ2v) is 10.3. The molecule has 9 nitrogen and oxygen atoms in total. The lowest BCUT2D eigenvalue weighted by Crippen LogP contribution is -2.37. The number of aromatic nitrogens is 2. The molecule has 2 amide bonds. The van der Waals surface area contributed by atoms with Crippen LogP contribution in [0.25, 0.3) is 16.5 Å². The Hall–Kier alpha value is -4.99. The van der Waals surface area contributed by atoms with E-state index in [2.05, 4.69) is 9.97 Å². The van der Waals surface area contributed by atoms with Gasteiger partial charge in [-0.2, -0.15) is 0 Å². The van der Waals surface area contributed by atoms with Gasteiger partial charge < -0.3 is 19.4 Å². The number of nitrogens with zero attached hydrogens (tertiary/aromatic N) is 3. The predicted octanol–water partition coefficient (Wildman–Crippen LogP) is 5.67. The summed E-state index contributed by atoms with van der Waals surface area (Å²) < 4.78 is 24.5. The molecule has 0 radical (unpaired) electrons. The summed E-state index contributed by atoms with van der Waals surface area (Å²) in [4.78, 5) is 49.8. The molecule has 0 fully saturated rings. The Morgan fingerprint density at radius 2 is 1.85 bits per heavy atom. The Balaban J connectivity index is 1.56. The zero-order valence-corrected chi connectivity index (χ0v) is 23.1. The number of amides is 2. The number of anilines is 1. The number of benzene rings is 2. The van der Waals surface area contributed by atoms with Crippen LogP contribution in [-0.4, -0.2) is 53.0 Å². The molecular formula is C31H29FN4O5. The first-order chi connectivity index (χ1) is 19.6. The first kappa shape index (κ1) is 27.6. The zero-order chi connectivity index (χ0) is 29.3. The molecule has 0 saturated carbocycles. The van der Waals surface area contributed by atoms with E-state index in [4.69, 9.17) is 9.47 Å². The van der Waals surface area contributed by atoms with Crippen molar-refractivity contribution in [2.45, 2.75) is 26.2 Å². The van der Waals surface area contributed by atoms with Crippen molar-refractivity contribution in [3.63, 3.8) is 0 Å². The highest BCUT2D eigenvalue weighted by Crippen LogP contribution is 2.41. The predicted molar refractivity (Wildman–Crippen MR) is 152 cm³/mol. The average molecular weight is 557 g/mol. The van der Waals surface area contributed by atoms with Gasteiger partial charge in [-0.3, -0.25) is 9.69 Å². The van der Waals surface area contributed by atoms with Crippen LogP contribution < -0.4 is 9.64 Å². The molecule has 1 aliphatic rings. The maximum Gasteiger partial charge on any atom is 0.420 e. The lowest BCUT2D eigenvalue weighted by atomic mass is 9.81. The number of hydrogen-bond acceptors (Lipinski definition) is 6. The number of pyridine rings is 1. The van der Waals surface area contributed by atoms with Crippen molar-refractivity contribution in [1.29, 1.82) is 0 Å². The van der Waals surface area contributed by atoms with Crippen molar-refractivity contribution >= 4 is 40.3 Å². The van der Waals surface area contributed by atoms with Gasteiger partial charge in [-0.25, -0.2) is 19.0 Å². The third-order valence-corrected chi connectivity index (χ3v) is 6.89. The highest BCUT2D eigenvalue weighted by molar-refractivity contribution is 6.18. The van der Waals surface area contributed by atoms with Gasteiger partial charge in [0.15, 0.2) is 0 Å². The highest BCUT2D eigenvalue weighted by Gasteiger charge is 2.37. The van der Waals surface area contributed by atoms with Crippen LogP contribution in [0.3, 0.4) is 0 Å². The highest BCUT2D eigenvalue weighted by atomic mass is 19.1. The minimum absolute atomic E-state index is 0.144. The molecule has 1 N–H and O–H groups in total. The topological polar surface area (TPSA) is 105 Å². The van der Waals surface area contributed by atoms with Crippen LogP contribution in [0.15, 0.2) is 73.1 Å². The summed E-state index contributed by atoms with van der Waals surface area (Å²) in [6, 6.07) is 15.6. The number of nitrogens with one attached hydrogen (secondary N) is 1. The number of rotatable bonds is 5. The molecule has 0 atom stereocenters. The summed E-state index contributed by atoms with van der Waals surface area (Å²) in [6.45, 7) is 5.97. The molecule has 2 aromatic carbocycles. The summed E-state index contributed by atoms with van der Waals surface area (Å²) in [6.07, 6.45) is 2.45. The zero-order valence-electron chi connectivity index (χ0n) is 23.1. The molecule has 10 heteroatoms. The molecule has 0 aliphatic carbocycles. The van der Waals surface area contributed by atoms with Crippen LogP contribution in [-0.2, 0) is 14.9 Å². The molecule has 210 valence electrons. The van der Waals surface area contributed by atoms with E-state index in [-0.39, 0.29) is 30.2 Å². The number of esters is 1. The van der Waals surface area contributed by atoms with E-state index in [9.17, 15) is 18.8 Å². The van der Waals surface area contributed by atoms with E-state index in [0.717, 1.165) is 16.5 Å². The molecule has 3 heterocycles. The van der Waals surface area contributed by atoms with Crippen molar-refractivity contribution in [3.8, 4) is 5.75 Å². The van der Waals surface area contributed by atoms with Gasteiger partial charge in [0.1, 0.15) is 17.4 Å². The normalized spacial score (nSPS) is 14.1. The fraction of sp³-hybridized carbons (Fsp3) is 0.226. The van der Waals surface area contributed by atoms with Crippen molar-refractivity contribution in [3.05, 3.63) is 95.7 Å². The minimum atomic E-state index is -0.679. The summed E-state index contributed by atoms with van der Waals surface area (Å²) >= 11 is 0. The fourth-order valence-corrected chi connectivity index (χ4v) is 4.98. The fourth-order valence-electron chi connectivity index (χ4n) is 4.98. The van der Waals surface area contributed by atoms with Gasteiger partial charge >= 0.3 is 12.1 Å². The van der Waals surface area contributed by atoms with Crippen LogP contribution in [0.2, 0.25) is 0 Å². The smallest absolute Gasteiger partial charge is 0.420 e. The Morgan fingerprint density at radius 3 is 2.54 bits per heavy atom. The summed E-state index contributed by atoms with van der Waals surface area (Å²) in [5, 5.41) is 0.724. The molecule has 4 aromatic rings. The standard InChI is InChI=1S/C31H29FN4O5/c1-5-40-29(38)23-17-36(28(37)19-9-11-20(32)12-10-19)18-31(2,3)26-22-16-21(13-14-24(22)34-27(23)26)41-30(39)35(4)25-8-6-7-15-33-25/h6-17,34H,5,18H2,1-4H3. The van der Waals surface area contributed by atoms with Gasteiger partial charge in [-0.05, 0) is 67.1 Å². The van der Waals surface area contributed by atoms with Gasteiger partial charge in [0.25, 0.3) is 5.91 Å². The van der Waals surface area contributed by atoms with Gasteiger partial charge in [-0.15, -0.1) is 0 Å². The van der Waals surface area contributed by atoms with Crippen LogP contribution in [0, 0.1) is 5.82 Å². The van der Waals surface area contributed by atoms with Gasteiger partial charge in [0.2, 0.25) is 0 Å². The maximum absolute atomic E-state index is 13.5. The number of halogens is 1. The van der Waals surface area contributed by atoms with E-state index in [1.54, 1.807) is 56.6 Å². The molecule has 5 rings (SSSR count). The monoisotopic (exact) mass is 556 g/mol. The number of H-pyrrole nitrogens is 1. The summed E-state index contributed by atoms with van der Waals surface area (Å²) in [7, 11) is 1.57. The van der Waals surface area contributed by atoms with Crippen molar-refractivity contribution in [2.24, 2.45) is 0 Å². The Labute approximate surface area is 236 Å². The molecule has 0 spiro atoms.